The van der Waals surface area contributed by atoms with Crippen LogP contribution < -0.4 is 9.46 Å². The summed E-state index contributed by atoms with van der Waals surface area (Å²) in [5.41, 5.74) is 3.28. The van der Waals surface area contributed by atoms with Crippen LogP contribution in [-0.4, -0.2) is 69.4 Å². The molecule has 2 aromatic heterocycles. The summed E-state index contributed by atoms with van der Waals surface area (Å²) in [6, 6.07) is 7.51. The van der Waals surface area contributed by atoms with Crippen LogP contribution in [-0.2, 0) is 21.9 Å². The normalized spacial score (nSPS) is 16.7. The number of amides is 1. The van der Waals surface area contributed by atoms with E-state index in [1.54, 1.807) is 31.9 Å². The number of carbonyl (C=O) groups excluding carboxylic acids is 1. The summed E-state index contributed by atoms with van der Waals surface area (Å²) < 4.78 is 35.8. The smallest absolute Gasteiger partial charge is 0.267 e. The van der Waals surface area contributed by atoms with Crippen LogP contribution in [0, 0.1) is 19.8 Å². The van der Waals surface area contributed by atoms with Crippen LogP contribution in [0.5, 0.6) is 5.88 Å². The van der Waals surface area contributed by atoms with Crippen molar-refractivity contribution < 1.29 is 23.1 Å². The molecule has 1 aliphatic rings. The zero-order valence-electron chi connectivity index (χ0n) is 21.5. The number of aryl methyl sites for hydroxylation is 3. The first-order valence-electron chi connectivity index (χ1n) is 12.0. The number of likely N-dealkylation sites (tertiary alicyclic amines) is 1. The van der Waals surface area contributed by atoms with Crippen molar-refractivity contribution in [3.8, 4) is 17.1 Å². The van der Waals surface area contributed by atoms with Crippen molar-refractivity contribution in [2.75, 3.05) is 17.8 Å². The van der Waals surface area contributed by atoms with Gasteiger partial charge in [0.1, 0.15) is 17.1 Å². The Bertz CT molecular complexity index is 1380. The van der Waals surface area contributed by atoms with Crippen LogP contribution >= 0.6 is 0 Å². The molecule has 0 radical (unpaired) electrons. The Kier molecular flexibility index (Phi) is 7.51. The van der Waals surface area contributed by atoms with Gasteiger partial charge in [-0.05, 0) is 30.9 Å². The summed E-state index contributed by atoms with van der Waals surface area (Å²) in [5, 5.41) is 14.1. The number of aliphatic hydroxyl groups is 1. The third-order valence-electron chi connectivity index (χ3n) is 6.29. The highest BCUT2D eigenvalue weighted by molar-refractivity contribution is 7.92. The van der Waals surface area contributed by atoms with E-state index in [4.69, 9.17) is 4.74 Å². The molecular formula is C25H32N6O5S. The van der Waals surface area contributed by atoms with E-state index in [1.165, 1.54) is 17.1 Å². The number of ether oxygens (including phenoxy) is 1. The summed E-state index contributed by atoms with van der Waals surface area (Å²) in [6.45, 7) is 8.22. The second-order valence-corrected chi connectivity index (χ2v) is 11.3. The maximum Gasteiger partial charge on any atom is 0.267 e. The molecule has 2 unspecified atom stereocenters. The Labute approximate surface area is 216 Å². The summed E-state index contributed by atoms with van der Waals surface area (Å²) in [6.07, 6.45) is 1.74. The lowest BCUT2D eigenvalue weighted by Crippen LogP contribution is -2.41. The molecule has 1 aliphatic heterocycles. The first-order valence-corrected chi connectivity index (χ1v) is 13.5. The van der Waals surface area contributed by atoms with E-state index in [0.717, 1.165) is 16.7 Å². The average molecular weight is 529 g/mol. The summed E-state index contributed by atoms with van der Waals surface area (Å²) in [4.78, 5) is 22.9. The fourth-order valence-corrected chi connectivity index (χ4v) is 5.19. The van der Waals surface area contributed by atoms with Crippen LogP contribution in [0.15, 0.2) is 41.6 Å². The van der Waals surface area contributed by atoms with Crippen molar-refractivity contribution in [2.45, 2.75) is 51.2 Å². The zero-order chi connectivity index (χ0) is 26.9. The number of aromatic nitrogens is 4. The molecule has 1 aromatic carbocycles. The van der Waals surface area contributed by atoms with Crippen molar-refractivity contribution in [3.63, 3.8) is 0 Å². The van der Waals surface area contributed by atoms with Gasteiger partial charge < -0.3 is 14.7 Å². The van der Waals surface area contributed by atoms with Gasteiger partial charge in [-0.1, -0.05) is 32.0 Å². The van der Waals surface area contributed by atoms with E-state index >= 15 is 0 Å². The van der Waals surface area contributed by atoms with Gasteiger partial charge in [0, 0.05) is 37.8 Å². The van der Waals surface area contributed by atoms with Crippen molar-refractivity contribution in [1.29, 1.82) is 0 Å². The standard InChI is InChI=1S/C25H32N6O5S/c1-15(2)23(32)24(33)31-10-9-18(13-31)36-21-11-20(22-16(3)7-6-8-17(22)4)27-25(28-21)29-37(34,35)19-12-26-30(5)14-19/h6-8,11-12,14-15,18,23,32H,9-10,13H2,1-5H3,(H,27,28,29). The lowest BCUT2D eigenvalue weighted by Gasteiger charge is -2.22. The van der Waals surface area contributed by atoms with Gasteiger partial charge in [-0.25, -0.2) is 18.1 Å². The third-order valence-corrected chi connectivity index (χ3v) is 7.57. The predicted molar refractivity (Wildman–Crippen MR) is 137 cm³/mol. The van der Waals surface area contributed by atoms with Crippen molar-refractivity contribution in [1.82, 2.24) is 24.6 Å². The number of rotatable bonds is 8. The Morgan fingerprint density at radius 1 is 1.22 bits per heavy atom. The molecule has 198 valence electrons. The highest BCUT2D eigenvalue weighted by atomic mass is 32.2. The number of carbonyl (C=O) groups is 1. The fourth-order valence-electron chi connectivity index (χ4n) is 4.26. The lowest BCUT2D eigenvalue weighted by atomic mass is 10.00. The van der Waals surface area contributed by atoms with Gasteiger partial charge in [0.15, 0.2) is 0 Å². The van der Waals surface area contributed by atoms with Crippen molar-refractivity contribution in [3.05, 3.63) is 47.8 Å². The molecule has 12 heteroatoms. The molecule has 3 aromatic rings. The number of benzene rings is 1. The van der Waals surface area contributed by atoms with Crippen LogP contribution in [0.25, 0.3) is 11.3 Å². The van der Waals surface area contributed by atoms with Crippen LogP contribution in [0.3, 0.4) is 0 Å². The Morgan fingerprint density at radius 2 is 1.92 bits per heavy atom. The number of nitrogens with one attached hydrogen (secondary N) is 1. The van der Waals surface area contributed by atoms with E-state index in [9.17, 15) is 18.3 Å². The molecule has 11 nitrogen and oxygen atoms in total. The first-order chi connectivity index (χ1) is 17.4. The van der Waals surface area contributed by atoms with Gasteiger partial charge in [0.05, 0.1) is 18.4 Å². The van der Waals surface area contributed by atoms with Gasteiger partial charge in [0.25, 0.3) is 15.9 Å². The largest absolute Gasteiger partial charge is 0.472 e. The van der Waals surface area contributed by atoms with Crippen molar-refractivity contribution in [2.24, 2.45) is 13.0 Å². The van der Waals surface area contributed by atoms with Gasteiger partial charge in [0.2, 0.25) is 11.8 Å². The molecule has 1 fully saturated rings. The minimum absolute atomic E-state index is 0.0211. The van der Waals surface area contributed by atoms with E-state index in [2.05, 4.69) is 19.8 Å². The van der Waals surface area contributed by atoms with Gasteiger partial charge >= 0.3 is 0 Å². The second kappa shape index (κ2) is 10.5. The van der Waals surface area contributed by atoms with Crippen molar-refractivity contribution >= 4 is 21.9 Å². The van der Waals surface area contributed by atoms with E-state index in [0.29, 0.717) is 25.2 Å². The number of aliphatic hydroxyl groups excluding tert-OH is 1. The molecule has 0 saturated carbocycles. The zero-order valence-corrected chi connectivity index (χ0v) is 22.4. The topological polar surface area (TPSA) is 140 Å². The number of nitrogens with zero attached hydrogens (tertiary/aromatic N) is 5. The maximum atomic E-state index is 12.9. The molecule has 1 saturated heterocycles. The second-order valence-electron chi connectivity index (χ2n) is 9.64. The molecule has 37 heavy (non-hydrogen) atoms. The Morgan fingerprint density at radius 3 is 2.54 bits per heavy atom. The lowest BCUT2D eigenvalue weighted by molar-refractivity contribution is -0.141. The number of hydrogen-bond acceptors (Lipinski definition) is 8. The number of anilines is 1. The molecule has 0 bridgehead atoms. The predicted octanol–water partition coefficient (Wildman–Crippen LogP) is 2.29. The van der Waals surface area contributed by atoms with Gasteiger partial charge in [-0.3, -0.25) is 9.48 Å². The van der Waals surface area contributed by atoms with Gasteiger partial charge in [-0.2, -0.15) is 10.1 Å². The summed E-state index contributed by atoms with van der Waals surface area (Å²) in [7, 11) is -2.36. The monoisotopic (exact) mass is 528 g/mol. The van der Waals surface area contributed by atoms with Crippen LogP contribution in [0.1, 0.15) is 31.4 Å². The highest BCUT2D eigenvalue weighted by Gasteiger charge is 2.32. The number of sulfonamides is 1. The minimum atomic E-state index is -3.99. The molecular weight excluding hydrogens is 496 g/mol. The molecule has 0 spiro atoms. The summed E-state index contributed by atoms with van der Waals surface area (Å²) >= 11 is 0. The van der Waals surface area contributed by atoms with E-state index < -0.39 is 16.1 Å². The molecule has 3 heterocycles. The molecule has 2 atom stereocenters. The molecule has 4 rings (SSSR count). The maximum absolute atomic E-state index is 12.9. The summed E-state index contributed by atoms with van der Waals surface area (Å²) in [5.74, 6) is -0.477. The average Bonchev–Trinajstić information content (AvgIpc) is 3.47. The first kappa shape index (κ1) is 26.6. The van der Waals surface area contributed by atoms with E-state index in [-0.39, 0.29) is 34.7 Å². The third kappa shape index (κ3) is 5.91. The van der Waals surface area contributed by atoms with Crippen LogP contribution in [0.2, 0.25) is 0 Å². The van der Waals surface area contributed by atoms with E-state index in [1.807, 2.05) is 32.0 Å². The molecule has 1 amide bonds. The quantitative estimate of drug-likeness (QED) is 0.454. The fraction of sp³-hybridized carbons (Fsp3) is 0.440. The number of hydrogen-bond donors (Lipinski definition) is 2. The van der Waals surface area contributed by atoms with Gasteiger partial charge in [-0.15, -0.1) is 0 Å². The SMILES string of the molecule is Cc1cccc(C)c1-c1cc(OC2CCN(C(=O)C(O)C(C)C)C2)nc(NS(=O)(=O)c2cnn(C)c2)n1. The Balaban J connectivity index is 1.64. The van der Waals surface area contributed by atoms with Crippen LogP contribution in [0.4, 0.5) is 5.95 Å². The highest BCUT2D eigenvalue weighted by Crippen LogP contribution is 2.30. The molecule has 0 aliphatic carbocycles. The Hall–Kier alpha value is -3.51. The minimum Gasteiger partial charge on any atom is -0.472 e. The molecule has 2 N–H and O–H groups in total.